The molecule has 1 aliphatic heterocycles. The molecule has 0 aromatic carbocycles. The van der Waals surface area contributed by atoms with Crippen LogP contribution in [-0.4, -0.2) is 43.9 Å². The van der Waals surface area contributed by atoms with E-state index in [-0.39, 0.29) is 30.1 Å². The SMILES string of the molecule is CN1C(=O)CC[C@H]1c1nc(CNC(=O)c2cnccn2)no1. The maximum atomic E-state index is 11.8. The highest BCUT2D eigenvalue weighted by atomic mass is 16.5. The third-order valence-electron chi connectivity index (χ3n) is 3.46. The van der Waals surface area contributed by atoms with Gasteiger partial charge in [0.2, 0.25) is 11.8 Å². The Morgan fingerprint density at radius 1 is 1.50 bits per heavy atom. The van der Waals surface area contributed by atoms with Crippen molar-refractivity contribution in [2.75, 3.05) is 7.05 Å². The van der Waals surface area contributed by atoms with Gasteiger partial charge in [-0.05, 0) is 6.42 Å². The summed E-state index contributed by atoms with van der Waals surface area (Å²) in [6.07, 6.45) is 5.43. The second-order valence-electron chi connectivity index (χ2n) is 4.88. The van der Waals surface area contributed by atoms with Crippen molar-refractivity contribution >= 4 is 11.8 Å². The van der Waals surface area contributed by atoms with Gasteiger partial charge in [-0.2, -0.15) is 4.98 Å². The van der Waals surface area contributed by atoms with E-state index in [1.165, 1.54) is 18.6 Å². The first-order valence-corrected chi connectivity index (χ1v) is 6.77. The molecule has 22 heavy (non-hydrogen) atoms. The number of likely N-dealkylation sites (tertiary alicyclic amines) is 1. The molecule has 0 radical (unpaired) electrons. The number of rotatable bonds is 4. The van der Waals surface area contributed by atoms with Crippen molar-refractivity contribution in [1.82, 2.24) is 30.3 Å². The molecule has 1 saturated heterocycles. The van der Waals surface area contributed by atoms with E-state index < -0.39 is 0 Å². The Morgan fingerprint density at radius 2 is 2.36 bits per heavy atom. The van der Waals surface area contributed by atoms with E-state index in [0.29, 0.717) is 24.6 Å². The predicted octanol–water partition coefficient (Wildman–Crippen LogP) is 0.0829. The molecule has 2 aromatic rings. The maximum absolute atomic E-state index is 11.8. The average Bonchev–Trinajstić information content (AvgIpc) is 3.13. The Balaban J connectivity index is 1.61. The van der Waals surface area contributed by atoms with Crippen LogP contribution in [0.5, 0.6) is 0 Å². The smallest absolute Gasteiger partial charge is 0.271 e. The Kier molecular flexibility index (Phi) is 3.77. The molecular weight excluding hydrogens is 288 g/mol. The number of nitrogens with one attached hydrogen (secondary N) is 1. The number of carbonyl (C=O) groups is 2. The third-order valence-corrected chi connectivity index (χ3v) is 3.46. The summed E-state index contributed by atoms with van der Waals surface area (Å²) in [6.45, 7) is 0.114. The summed E-state index contributed by atoms with van der Waals surface area (Å²) >= 11 is 0. The zero-order valence-corrected chi connectivity index (χ0v) is 11.9. The Bertz CT molecular complexity index is 686. The van der Waals surface area contributed by atoms with E-state index in [9.17, 15) is 9.59 Å². The number of hydrogen-bond donors (Lipinski definition) is 1. The van der Waals surface area contributed by atoms with Crippen molar-refractivity contribution < 1.29 is 14.1 Å². The van der Waals surface area contributed by atoms with Crippen molar-refractivity contribution in [3.63, 3.8) is 0 Å². The van der Waals surface area contributed by atoms with Gasteiger partial charge in [0.05, 0.1) is 12.7 Å². The van der Waals surface area contributed by atoms with Gasteiger partial charge in [0, 0.05) is 25.9 Å². The van der Waals surface area contributed by atoms with E-state index in [1.807, 2.05) is 0 Å². The molecule has 1 fully saturated rings. The van der Waals surface area contributed by atoms with Gasteiger partial charge in [-0.1, -0.05) is 5.16 Å². The minimum Gasteiger partial charge on any atom is -0.343 e. The van der Waals surface area contributed by atoms with Gasteiger partial charge in [0.1, 0.15) is 11.7 Å². The molecular formula is C13H14N6O3. The molecule has 9 nitrogen and oxygen atoms in total. The van der Waals surface area contributed by atoms with Crippen molar-refractivity contribution in [2.24, 2.45) is 0 Å². The second kappa shape index (κ2) is 5.88. The maximum Gasteiger partial charge on any atom is 0.271 e. The summed E-state index contributed by atoms with van der Waals surface area (Å²) in [5.41, 5.74) is 0.215. The molecule has 114 valence electrons. The lowest BCUT2D eigenvalue weighted by Crippen LogP contribution is -2.25. The quantitative estimate of drug-likeness (QED) is 0.850. The van der Waals surface area contributed by atoms with Crippen LogP contribution in [0.25, 0.3) is 0 Å². The zero-order chi connectivity index (χ0) is 15.5. The summed E-state index contributed by atoms with van der Waals surface area (Å²) < 4.78 is 5.17. The lowest BCUT2D eigenvalue weighted by atomic mass is 10.2. The third kappa shape index (κ3) is 2.78. The summed E-state index contributed by atoms with van der Waals surface area (Å²) in [5.74, 6) is 0.422. The van der Waals surface area contributed by atoms with Crippen molar-refractivity contribution in [3.8, 4) is 0 Å². The minimum absolute atomic E-state index is 0.0562. The lowest BCUT2D eigenvalue weighted by molar-refractivity contribution is -0.127. The molecule has 0 unspecified atom stereocenters. The molecule has 0 aliphatic carbocycles. The first-order chi connectivity index (χ1) is 10.6. The van der Waals surface area contributed by atoms with Gasteiger partial charge in [-0.25, -0.2) is 4.98 Å². The number of nitrogens with zero attached hydrogens (tertiary/aromatic N) is 5. The second-order valence-corrected chi connectivity index (χ2v) is 4.88. The molecule has 1 N–H and O–H groups in total. The molecule has 0 bridgehead atoms. The standard InChI is InChI=1S/C13H14N6O3/c1-19-9(2-3-11(19)20)13-17-10(18-22-13)7-16-12(21)8-6-14-4-5-15-8/h4-6,9H,2-3,7H2,1H3,(H,16,21)/t9-/m0/s1. The Labute approximate surface area is 125 Å². The summed E-state index contributed by atoms with van der Waals surface area (Å²) in [5, 5.41) is 6.44. The van der Waals surface area contributed by atoms with E-state index in [0.717, 1.165) is 0 Å². The van der Waals surface area contributed by atoms with Gasteiger partial charge in [0.25, 0.3) is 5.91 Å². The van der Waals surface area contributed by atoms with Crippen LogP contribution in [0.15, 0.2) is 23.1 Å². The highest BCUT2D eigenvalue weighted by Gasteiger charge is 2.33. The van der Waals surface area contributed by atoms with Gasteiger partial charge in [-0.15, -0.1) is 0 Å². The van der Waals surface area contributed by atoms with Crippen molar-refractivity contribution in [1.29, 1.82) is 0 Å². The fraction of sp³-hybridized carbons (Fsp3) is 0.385. The molecule has 1 aliphatic rings. The first kappa shape index (κ1) is 14.1. The Hall–Kier alpha value is -2.84. The topological polar surface area (TPSA) is 114 Å². The van der Waals surface area contributed by atoms with Crippen LogP contribution in [-0.2, 0) is 11.3 Å². The van der Waals surface area contributed by atoms with E-state index in [4.69, 9.17) is 4.52 Å². The number of carbonyl (C=O) groups excluding carboxylic acids is 2. The fourth-order valence-corrected chi connectivity index (χ4v) is 2.23. The van der Waals surface area contributed by atoms with Crippen LogP contribution in [0.1, 0.15) is 41.1 Å². The Morgan fingerprint density at radius 3 is 3.05 bits per heavy atom. The first-order valence-electron chi connectivity index (χ1n) is 6.77. The zero-order valence-electron chi connectivity index (χ0n) is 11.9. The normalized spacial score (nSPS) is 17.8. The van der Waals surface area contributed by atoms with Crippen LogP contribution >= 0.6 is 0 Å². The lowest BCUT2D eigenvalue weighted by Gasteiger charge is -2.14. The average molecular weight is 302 g/mol. The summed E-state index contributed by atoms with van der Waals surface area (Å²) in [7, 11) is 1.71. The molecule has 2 amide bonds. The van der Waals surface area contributed by atoms with Crippen LogP contribution in [0.2, 0.25) is 0 Å². The molecule has 0 spiro atoms. The van der Waals surface area contributed by atoms with Crippen LogP contribution < -0.4 is 5.32 Å². The van der Waals surface area contributed by atoms with Gasteiger partial charge in [-0.3, -0.25) is 14.6 Å². The van der Waals surface area contributed by atoms with Crippen LogP contribution in [0, 0.1) is 0 Å². The minimum atomic E-state index is -0.368. The fourth-order valence-electron chi connectivity index (χ4n) is 2.23. The highest BCUT2D eigenvalue weighted by molar-refractivity contribution is 5.91. The summed E-state index contributed by atoms with van der Waals surface area (Å²) in [6, 6.07) is -0.190. The molecule has 0 saturated carbocycles. The highest BCUT2D eigenvalue weighted by Crippen LogP contribution is 2.29. The largest absolute Gasteiger partial charge is 0.343 e. The van der Waals surface area contributed by atoms with Crippen LogP contribution in [0.3, 0.4) is 0 Å². The molecule has 9 heteroatoms. The number of amides is 2. The molecule has 3 heterocycles. The van der Waals surface area contributed by atoms with Crippen LogP contribution in [0.4, 0.5) is 0 Å². The van der Waals surface area contributed by atoms with E-state index in [1.54, 1.807) is 11.9 Å². The number of aromatic nitrogens is 4. The number of hydrogen-bond acceptors (Lipinski definition) is 7. The molecule has 2 aromatic heterocycles. The van der Waals surface area contributed by atoms with Crippen molar-refractivity contribution in [2.45, 2.75) is 25.4 Å². The van der Waals surface area contributed by atoms with E-state index in [2.05, 4.69) is 25.4 Å². The molecule has 3 rings (SSSR count). The molecule has 1 atom stereocenters. The van der Waals surface area contributed by atoms with Gasteiger partial charge >= 0.3 is 0 Å². The van der Waals surface area contributed by atoms with Gasteiger partial charge in [0.15, 0.2) is 5.82 Å². The van der Waals surface area contributed by atoms with Gasteiger partial charge < -0.3 is 14.7 Å². The summed E-state index contributed by atoms with van der Waals surface area (Å²) in [4.78, 5) is 36.9. The monoisotopic (exact) mass is 302 g/mol. The van der Waals surface area contributed by atoms with Crippen molar-refractivity contribution in [3.05, 3.63) is 36.0 Å². The predicted molar refractivity (Wildman–Crippen MR) is 72.2 cm³/mol. The van der Waals surface area contributed by atoms with E-state index >= 15 is 0 Å².